The molecule has 0 fully saturated rings. The minimum Gasteiger partial charge on any atom is -0.491 e. The molecule has 3 aromatic rings. The van der Waals surface area contributed by atoms with Crippen LogP contribution < -0.4 is 10.1 Å². The van der Waals surface area contributed by atoms with Gasteiger partial charge in [0.1, 0.15) is 18.2 Å². The van der Waals surface area contributed by atoms with E-state index in [-0.39, 0.29) is 5.91 Å². The standard InChI is InChI=1S/C31H42N4O3/c1-24(2)10-14-34-16-17-37-18-19-38-30-9-8-28(22-29(30)21-26-6-4-7-27(20-26)23-34)31(36)33-11-5-13-35-15-12-32-25(35)3/h4,6-9,12,15,20,22,24H,5,10-11,13-14,16-19,21,23H2,1-3H3,(H,33,36). The summed E-state index contributed by atoms with van der Waals surface area (Å²) in [6.07, 6.45) is 6.49. The highest BCUT2D eigenvalue weighted by Gasteiger charge is 2.14. The monoisotopic (exact) mass is 518 g/mol. The fourth-order valence-electron chi connectivity index (χ4n) is 4.73. The highest BCUT2D eigenvalue weighted by Crippen LogP contribution is 2.25. The van der Waals surface area contributed by atoms with Gasteiger partial charge in [-0.3, -0.25) is 9.69 Å². The maximum Gasteiger partial charge on any atom is 0.251 e. The van der Waals surface area contributed by atoms with Gasteiger partial charge >= 0.3 is 0 Å². The lowest BCUT2D eigenvalue weighted by Crippen LogP contribution is -2.29. The van der Waals surface area contributed by atoms with Gasteiger partial charge in [-0.15, -0.1) is 0 Å². The molecular weight excluding hydrogens is 476 g/mol. The number of amides is 1. The molecule has 2 heterocycles. The Labute approximate surface area is 227 Å². The number of benzene rings is 2. The second-order valence-corrected chi connectivity index (χ2v) is 10.5. The Morgan fingerprint density at radius 3 is 2.76 bits per heavy atom. The van der Waals surface area contributed by atoms with Crippen molar-refractivity contribution in [1.29, 1.82) is 0 Å². The smallest absolute Gasteiger partial charge is 0.251 e. The van der Waals surface area contributed by atoms with E-state index in [4.69, 9.17) is 9.47 Å². The van der Waals surface area contributed by atoms with Gasteiger partial charge in [0, 0.05) is 50.6 Å². The van der Waals surface area contributed by atoms with Crippen LogP contribution in [0, 0.1) is 12.8 Å². The van der Waals surface area contributed by atoms with E-state index < -0.39 is 0 Å². The second kappa shape index (κ2) is 14.1. The summed E-state index contributed by atoms with van der Waals surface area (Å²) < 4.78 is 14.1. The first-order valence-corrected chi connectivity index (χ1v) is 13.9. The average Bonchev–Trinajstić information content (AvgIpc) is 3.31. The molecule has 7 heteroatoms. The molecule has 1 aromatic heterocycles. The summed E-state index contributed by atoms with van der Waals surface area (Å²) in [5.74, 6) is 2.40. The maximum atomic E-state index is 12.9. The third-order valence-electron chi connectivity index (χ3n) is 6.96. The molecule has 0 saturated carbocycles. The van der Waals surface area contributed by atoms with Crippen LogP contribution in [0.3, 0.4) is 0 Å². The van der Waals surface area contributed by atoms with Gasteiger partial charge in [-0.2, -0.15) is 0 Å². The van der Waals surface area contributed by atoms with Crippen LogP contribution in [0.5, 0.6) is 5.75 Å². The molecule has 1 aliphatic heterocycles. The number of ether oxygens (including phenoxy) is 2. The Morgan fingerprint density at radius 1 is 1.08 bits per heavy atom. The van der Waals surface area contributed by atoms with Gasteiger partial charge in [-0.25, -0.2) is 4.98 Å². The van der Waals surface area contributed by atoms with Gasteiger partial charge in [0.05, 0.1) is 13.2 Å². The molecule has 0 atom stereocenters. The number of nitrogens with zero attached hydrogens (tertiary/aromatic N) is 3. The van der Waals surface area contributed by atoms with Crippen molar-refractivity contribution in [2.45, 2.75) is 53.1 Å². The number of imidazole rings is 1. The lowest BCUT2D eigenvalue weighted by Gasteiger charge is -2.24. The third-order valence-corrected chi connectivity index (χ3v) is 6.96. The molecule has 7 nitrogen and oxygen atoms in total. The van der Waals surface area contributed by atoms with Gasteiger partial charge in [-0.1, -0.05) is 38.1 Å². The fourth-order valence-corrected chi connectivity index (χ4v) is 4.73. The van der Waals surface area contributed by atoms with Crippen LogP contribution in [-0.2, 0) is 24.2 Å². The van der Waals surface area contributed by atoms with E-state index in [0.29, 0.717) is 44.3 Å². The van der Waals surface area contributed by atoms with Crippen molar-refractivity contribution >= 4 is 5.91 Å². The first-order chi connectivity index (χ1) is 18.5. The Balaban J connectivity index is 1.45. The van der Waals surface area contributed by atoms with E-state index in [1.165, 1.54) is 17.5 Å². The number of aryl methyl sites for hydroxylation is 2. The van der Waals surface area contributed by atoms with Crippen LogP contribution in [-0.4, -0.2) is 59.8 Å². The summed E-state index contributed by atoms with van der Waals surface area (Å²) in [6.45, 7) is 12.6. The zero-order valence-electron chi connectivity index (χ0n) is 23.1. The molecule has 0 radical (unpaired) electrons. The summed E-state index contributed by atoms with van der Waals surface area (Å²) in [6, 6.07) is 14.5. The topological polar surface area (TPSA) is 68.6 Å². The van der Waals surface area contributed by atoms with Crippen molar-refractivity contribution < 1.29 is 14.3 Å². The van der Waals surface area contributed by atoms with Gasteiger partial charge < -0.3 is 19.4 Å². The van der Waals surface area contributed by atoms with E-state index in [1.54, 1.807) is 6.20 Å². The van der Waals surface area contributed by atoms with Crippen LogP contribution in [0.4, 0.5) is 0 Å². The first-order valence-electron chi connectivity index (χ1n) is 13.9. The molecule has 1 N–H and O–H groups in total. The Hall–Kier alpha value is -3.16. The largest absolute Gasteiger partial charge is 0.491 e. The van der Waals surface area contributed by atoms with Gasteiger partial charge in [0.15, 0.2) is 0 Å². The van der Waals surface area contributed by atoms with Crippen molar-refractivity contribution in [2.24, 2.45) is 5.92 Å². The highest BCUT2D eigenvalue weighted by atomic mass is 16.5. The number of hydrogen-bond donors (Lipinski definition) is 1. The molecule has 204 valence electrons. The first kappa shape index (κ1) is 27.9. The maximum absolute atomic E-state index is 12.9. The van der Waals surface area contributed by atoms with E-state index in [0.717, 1.165) is 49.7 Å². The van der Waals surface area contributed by atoms with Crippen molar-refractivity contribution in [3.05, 3.63) is 82.9 Å². The number of carbonyl (C=O) groups is 1. The lowest BCUT2D eigenvalue weighted by molar-refractivity contribution is 0.0764. The molecule has 0 unspecified atom stereocenters. The summed E-state index contributed by atoms with van der Waals surface area (Å²) in [5.41, 5.74) is 4.18. The number of hydrogen-bond acceptors (Lipinski definition) is 5. The van der Waals surface area contributed by atoms with Gasteiger partial charge in [0.25, 0.3) is 5.91 Å². The second-order valence-electron chi connectivity index (χ2n) is 10.5. The predicted octanol–water partition coefficient (Wildman–Crippen LogP) is 4.86. The van der Waals surface area contributed by atoms with E-state index in [1.807, 2.05) is 31.3 Å². The van der Waals surface area contributed by atoms with Crippen molar-refractivity contribution in [1.82, 2.24) is 19.8 Å². The molecule has 2 aromatic carbocycles. The van der Waals surface area contributed by atoms with Gasteiger partial charge in [-0.05, 0) is 67.1 Å². The minimum atomic E-state index is -0.0626. The van der Waals surface area contributed by atoms with Crippen LogP contribution in [0.15, 0.2) is 54.9 Å². The quantitative estimate of drug-likeness (QED) is 0.432. The van der Waals surface area contributed by atoms with Crippen LogP contribution in [0.2, 0.25) is 0 Å². The van der Waals surface area contributed by atoms with E-state index in [2.05, 4.69) is 57.9 Å². The van der Waals surface area contributed by atoms with Gasteiger partial charge in [0.2, 0.25) is 0 Å². The summed E-state index contributed by atoms with van der Waals surface area (Å²) >= 11 is 0. The number of rotatable bonds is 8. The summed E-state index contributed by atoms with van der Waals surface area (Å²) in [7, 11) is 0. The lowest BCUT2D eigenvalue weighted by atomic mass is 9.99. The zero-order valence-corrected chi connectivity index (χ0v) is 23.1. The Kier molecular flexibility index (Phi) is 10.4. The highest BCUT2D eigenvalue weighted by molar-refractivity contribution is 5.94. The number of aromatic nitrogens is 2. The molecule has 0 spiro atoms. The van der Waals surface area contributed by atoms with Crippen molar-refractivity contribution in [2.75, 3.05) is 39.5 Å². The number of fused-ring (bicyclic) bond motifs is 3. The molecule has 0 saturated heterocycles. The van der Waals surface area contributed by atoms with Crippen LogP contribution in [0.25, 0.3) is 0 Å². The Morgan fingerprint density at radius 2 is 1.95 bits per heavy atom. The summed E-state index contributed by atoms with van der Waals surface area (Å²) in [5, 5.41) is 3.06. The number of carbonyl (C=O) groups excluding carboxylic acids is 1. The van der Waals surface area contributed by atoms with Crippen molar-refractivity contribution in [3.8, 4) is 5.75 Å². The average molecular weight is 519 g/mol. The third kappa shape index (κ3) is 8.43. The predicted molar refractivity (Wildman–Crippen MR) is 151 cm³/mol. The molecule has 38 heavy (non-hydrogen) atoms. The minimum absolute atomic E-state index is 0.0626. The van der Waals surface area contributed by atoms with E-state index >= 15 is 0 Å². The number of nitrogens with one attached hydrogen (secondary N) is 1. The fraction of sp³-hybridized carbons (Fsp3) is 0.484. The Bertz CT molecular complexity index is 1170. The molecule has 1 amide bonds. The SMILES string of the molecule is Cc1nccn1CCCNC(=O)c1ccc2c(c1)Cc1cccc(c1)CN(CCC(C)C)CCOCCO2. The molecular formula is C31H42N4O3. The van der Waals surface area contributed by atoms with E-state index in [9.17, 15) is 4.79 Å². The normalized spacial score (nSPS) is 14.9. The summed E-state index contributed by atoms with van der Waals surface area (Å²) in [4.78, 5) is 19.7. The molecule has 2 bridgehead atoms. The van der Waals surface area contributed by atoms with Crippen LogP contribution in [0.1, 0.15) is 59.6 Å². The molecule has 0 aliphatic carbocycles. The van der Waals surface area contributed by atoms with Crippen molar-refractivity contribution in [3.63, 3.8) is 0 Å². The molecule has 1 aliphatic rings. The zero-order chi connectivity index (χ0) is 26.7. The van der Waals surface area contributed by atoms with Crippen LogP contribution >= 0.6 is 0 Å². The molecule has 4 rings (SSSR count).